The summed E-state index contributed by atoms with van der Waals surface area (Å²) in [7, 11) is 0. The number of amides is 1. The van der Waals surface area contributed by atoms with Gasteiger partial charge in [-0.05, 0) is 24.3 Å². The number of hydrogen-bond acceptors (Lipinski definition) is 6. The molecular formula is C18H16BrN5O4. The first-order valence-electron chi connectivity index (χ1n) is 8.59. The average Bonchev–Trinajstić information content (AvgIpc) is 3.12. The van der Waals surface area contributed by atoms with Crippen molar-refractivity contribution in [3.63, 3.8) is 0 Å². The number of H-pyrrole nitrogens is 1. The van der Waals surface area contributed by atoms with Crippen LogP contribution in [0.15, 0.2) is 40.9 Å². The number of non-ortho nitro benzene ring substituents is 1. The van der Waals surface area contributed by atoms with Crippen molar-refractivity contribution in [2.75, 3.05) is 36.5 Å². The number of morpholine rings is 1. The fourth-order valence-electron chi connectivity index (χ4n) is 3.16. The van der Waals surface area contributed by atoms with Gasteiger partial charge >= 0.3 is 0 Å². The van der Waals surface area contributed by atoms with Crippen LogP contribution in [0.4, 0.5) is 17.1 Å². The van der Waals surface area contributed by atoms with Crippen LogP contribution in [0.2, 0.25) is 0 Å². The van der Waals surface area contributed by atoms with E-state index in [2.05, 4.69) is 36.3 Å². The number of fused-ring (bicyclic) bond motifs is 1. The molecule has 28 heavy (non-hydrogen) atoms. The maximum atomic E-state index is 12.9. The number of nitrogens with zero attached hydrogens (tertiary/aromatic N) is 3. The number of hydrogen-bond donors (Lipinski definition) is 2. The zero-order valence-electron chi connectivity index (χ0n) is 14.6. The number of benzene rings is 2. The maximum absolute atomic E-state index is 12.9. The fourth-order valence-corrected chi connectivity index (χ4v) is 3.52. The molecule has 1 aromatic heterocycles. The number of nitro benzene ring substituents is 1. The third kappa shape index (κ3) is 3.56. The van der Waals surface area contributed by atoms with Crippen molar-refractivity contribution < 1.29 is 14.5 Å². The van der Waals surface area contributed by atoms with Crippen molar-refractivity contribution in [1.29, 1.82) is 0 Å². The number of anilines is 2. The van der Waals surface area contributed by atoms with Crippen molar-refractivity contribution in [1.82, 2.24) is 10.2 Å². The molecule has 9 nitrogen and oxygen atoms in total. The molecule has 2 aromatic carbocycles. The van der Waals surface area contributed by atoms with Gasteiger partial charge in [0, 0.05) is 35.1 Å². The second kappa shape index (κ2) is 7.56. The Bertz CT molecular complexity index is 1060. The molecule has 1 aliphatic heterocycles. The molecule has 1 amide bonds. The molecule has 0 atom stereocenters. The minimum Gasteiger partial charge on any atom is -0.378 e. The second-order valence-electron chi connectivity index (χ2n) is 6.27. The lowest BCUT2D eigenvalue weighted by molar-refractivity contribution is -0.384. The van der Waals surface area contributed by atoms with Gasteiger partial charge in [-0.15, -0.1) is 0 Å². The van der Waals surface area contributed by atoms with Crippen LogP contribution in [0.5, 0.6) is 0 Å². The molecule has 1 saturated heterocycles. The first kappa shape index (κ1) is 18.4. The van der Waals surface area contributed by atoms with E-state index in [9.17, 15) is 14.9 Å². The molecular weight excluding hydrogens is 430 g/mol. The molecule has 10 heteroatoms. The van der Waals surface area contributed by atoms with Crippen molar-refractivity contribution in [2.24, 2.45) is 0 Å². The summed E-state index contributed by atoms with van der Waals surface area (Å²) in [6.45, 7) is 2.69. The van der Waals surface area contributed by atoms with Gasteiger partial charge < -0.3 is 15.0 Å². The van der Waals surface area contributed by atoms with E-state index < -0.39 is 10.8 Å². The second-order valence-corrected chi connectivity index (χ2v) is 7.19. The number of rotatable bonds is 4. The summed E-state index contributed by atoms with van der Waals surface area (Å²) in [4.78, 5) is 25.6. The third-order valence-electron chi connectivity index (χ3n) is 4.53. The van der Waals surface area contributed by atoms with E-state index in [1.165, 1.54) is 18.2 Å². The number of nitrogens with one attached hydrogen (secondary N) is 2. The molecule has 0 radical (unpaired) electrons. The Morgan fingerprint density at radius 2 is 2.04 bits per heavy atom. The normalized spacial score (nSPS) is 14.2. The van der Waals surface area contributed by atoms with Gasteiger partial charge in [0.15, 0.2) is 5.69 Å². The molecule has 0 bridgehead atoms. The van der Waals surface area contributed by atoms with Crippen molar-refractivity contribution in [3.05, 3.63) is 56.7 Å². The number of ether oxygens (including phenoxy) is 1. The van der Waals surface area contributed by atoms with Gasteiger partial charge in [0.25, 0.3) is 11.6 Å². The van der Waals surface area contributed by atoms with Gasteiger partial charge in [-0.25, -0.2) is 0 Å². The van der Waals surface area contributed by atoms with E-state index in [-0.39, 0.29) is 11.4 Å². The van der Waals surface area contributed by atoms with Crippen molar-refractivity contribution in [3.8, 4) is 0 Å². The number of carbonyl (C=O) groups is 1. The smallest absolute Gasteiger partial charge is 0.276 e. The quantitative estimate of drug-likeness (QED) is 0.470. The lowest BCUT2D eigenvalue weighted by Crippen LogP contribution is -2.36. The summed E-state index contributed by atoms with van der Waals surface area (Å²) in [5, 5.41) is 21.1. The number of aromatic amines is 1. The molecule has 2 N–H and O–H groups in total. The number of nitro groups is 1. The van der Waals surface area contributed by atoms with E-state index >= 15 is 0 Å². The van der Waals surface area contributed by atoms with Gasteiger partial charge in [0.2, 0.25) is 0 Å². The number of carbonyl (C=O) groups excluding carboxylic acids is 1. The zero-order valence-corrected chi connectivity index (χ0v) is 16.2. The van der Waals surface area contributed by atoms with Gasteiger partial charge in [0.1, 0.15) is 0 Å². The molecule has 3 aromatic rings. The molecule has 0 aliphatic carbocycles. The minimum atomic E-state index is -0.501. The Kier molecular flexibility index (Phi) is 4.97. The maximum Gasteiger partial charge on any atom is 0.276 e. The first-order valence-corrected chi connectivity index (χ1v) is 9.38. The third-order valence-corrected chi connectivity index (χ3v) is 5.02. The summed E-state index contributed by atoms with van der Waals surface area (Å²) < 4.78 is 6.22. The van der Waals surface area contributed by atoms with Crippen LogP contribution in [-0.2, 0) is 4.74 Å². The lowest BCUT2D eigenvalue weighted by atomic mass is 10.1. The molecule has 144 valence electrons. The van der Waals surface area contributed by atoms with E-state index in [4.69, 9.17) is 4.74 Å². The van der Waals surface area contributed by atoms with E-state index in [1.807, 2.05) is 18.2 Å². The predicted octanol–water partition coefficient (Wildman–Crippen LogP) is 3.32. The van der Waals surface area contributed by atoms with Crippen LogP contribution >= 0.6 is 15.9 Å². The molecule has 1 fully saturated rings. The van der Waals surface area contributed by atoms with Crippen LogP contribution in [0, 0.1) is 10.1 Å². The van der Waals surface area contributed by atoms with Crippen LogP contribution in [0.1, 0.15) is 10.5 Å². The highest BCUT2D eigenvalue weighted by atomic mass is 79.9. The van der Waals surface area contributed by atoms with E-state index in [0.29, 0.717) is 29.8 Å². The Morgan fingerprint density at radius 1 is 1.25 bits per heavy atom. The summed E-state index contributed by atoms with van der Waals surface area (Å²) in [6, 6.07) is 9.91. The molecule has 2 heterocycles. The average molecular weight is 446 g/mol. The zero-order chi connectivity index (χ0) is 19.7. The summed E-state index contributed by atoms with van der Waals surface area (Å²) in [5.74, 6) is -0.445. The van der Waals surface area contributed by atoms with Crippen LogP contribution in [0.3, 0.4) is 0 Å². The molecule has 4 rings (SSSR count). The summed E-state index contributed by atoms with van der Waals surface area (Å²) >= 11 is 3.43. The minimum absolute atomic E-state index is 0.0978. The fraction of sp³-hybridized carbons (Fsp3) is 0.222. The van der Waals surface area contributed by atoms with Crippen LogP contribution in [-0.4, -0.2) is 47.3 Å². The Morgan fingerprint density at radius 3 is 2.79 bits per heavy atom. The Hall–Kier alpha value is -2.98. The highest BCUT2D eigenvalue weighted by molar-refractivity contribution is 9.10. The van der Waals surface area contributed by atoms with Crippen LogP contribution in [0.25, 0.3) is 10.9 Å². The topological polar surface area (TPSA) is 113 Å². The summed E-state index contributed by atoms with van der Waals surface area (Å²) in [5.41, 5.74) is 2.07. The Labute approximate surface area is 167 Å². The standard InChI is InChI=1S/C18H16BrN5O4/c19-11-1-4-16(23-5-7-28-8-6-23)15(9-11)20-18(25)17-13-10-12(24(26)27)2-3-14(13)21-22-17/h1-4,9-10H,5-8H2,(H,20,25)(H,21,22). The number of halogens is 1. The van der Waals surface area contributed by atoms with Crippen molar-refractivity contribution >= 4 is 49.8 Å². The van der Waals surface area contributed by atoms with Gasteiger partial charge in [-0.3, -0.25) is 20.0 Å². The predicted molar refractivity (Wildman–Crippen MR) is 108 cm³/mol. The highest BCUT2D eigenvalue weighted by Gasteiger charge is 2.21. The largest absolute Gasteiger partial charge is 0.378 e. The number of aromatic nitrogens is 2. The highest BCUT2D eigenvalue weighted by Crippen LogP contribution is 2.31. The van der Waals surface area contributed by atoms with Gasteiger partial charge in [-0.1, -0.05) is 15.9 Å². The van der Waals surface area contributed by atoms with Crippen molar-refractivity contribution in [2.45, 2.75) is 0 Å². The summed E-state index contributed by atoms with van der Waals surface area (Å²) in [6.07, 6.45) is 0. The van der Waals surface area contributed by atoms with E-state index in [0.717, 1.165) is 23.2 Å². The molecule has 0 unspecified atom stereocenters. The van der Waals surface area contributed by atoms with Crippen LogP contribution < -0.4 is 10.2 Å². The first-order chi connectivity index (χ1) is 13.5. The molecule has 0 saturated carbocycles. The lowest BCUT2D eigenvalue weighted by Gasteiger charge is -2.30. The Balaban J connectivity index is 1.67. The monoisotopic (exact) mass is 445 g/mol. The van der Waals surface area contributed by atoms with Gasteiger partial charge in [0.05, 0.1) is 35.0 Å². The van der Waals surface area contributed by atoms with Gasteiger partial charge in [-0.2, -0.15) is 5.10 Å². The molecule has 1 aliphatic rings. The molecule has 0 spiro atoms. The SMILES string of the molecule is O=C(Nc1cc(Br)ccc1N1CCOCC1)c1n[nH]c2ccc([N+](=O)[O-])cc12. The van der Waals surface area contributed by atoms with E-state index in [1.54, 1.807) is 0 Å².